The van der Waals surface area contributed by atoms with Gasteiger partial charge in [0.2, 0.25) is 0 Å². The Labute approximate surface area is 171 Å². The topological polar surface area (TPSA) is 12.0 Å². The quantitative estimate of drug-likeness (QED) is 0.378. The van der Waals surface area contributed by atoms with Crippen LogP contribution in [-0.4, -0.2) is 0 Å². The average molecular weight is 373 g/mol. The molecule has 0 bridgehead atoms. The van der Waals surface area contributed by atoms with Crippen molar-refractivity contribution in [1.29, 1.82) is 0 Å². The number of nitrogens with one attached hydrogen (secondary N) is 1. The minimum atomic E-state index is 1.15. The number of aryl methyl sites for hydroxylation is 1. The minimum Gasteiger partial charge on any atom is -0.355 e. The van der Waals surface area contributed by atoms with Gasteiger partial charge in [-0.2, -0.15) is 0 Å². The molecular formula is C28H23N. The Morgan fingerprint density at radius 2 is 1.41 bits per heavy atom. The van der Waals surface area contributed by atoms with Gasteiger partial charge in [0.15, 0.2) is 0 Å². The average Bonchev–Trinajstić information content (AvgIpc) is 2.79. The summed E-state index contributed by atoms with van der Waals surface area (Å²) in [7, 11) is 0. The van der Waals surface area contributed by atoms with Crippen LogP contribution in [0.2, 0.25) is 0 Å². The predicted octanol–water partition coefficient (Wildman–Crippen LogP) is 7.79. The Morgan fingerprint density at radius 3 is 2.38 bits per heavy atom. The molecule has 0 heterocycles. The predicted molar refractivity (Wildman–Crippen MR) is 125 cm³/mol. The Morgan fingerprint density at radius 1 is 0.621 bits per heavy atom. The summed E-state index contributed by atoms with van der Waals surface area (Å²) in [5, 5.41) is 8.94. The molecule has 0 aliphatic heterocycles. The van der Waals surface area contributed by atoms with Crippen molar-refractivity contribution in [3.05, 3.63) is 102 Å². The number of rotatable bonds is 2. The van der Waals surface area contributed by atoms with Gasteiger partial charge in [-0.1, -0.05) is 78.4 Å². The van der Waals surface area contributed by atoms with E-state index in [2.05, 4.69) is 90.3 Å². The van der Waals surface area contributed by atoms with E-state index in [0.717, 1.165) is 12.1 Å². The minimum absolute atomic E-state index is 1.15. The normalized spacial score (nSPS) is 15.4. The summed E-state index contributed by atoms with van der Waals surface area (Å²) >= 11 is 0. The second-order valence-electron chi connectivity index (χ2n) is 8.10. The lowest BCUT2D eigenvalue weighted by Crippen LogP contribution is -2.07. The van der Waals surface area contributed by atoms with Crippen LogP contribution in [0, 0.1) is 0 Å². The van der Waals surface area contributed by atoms with Crippen LogP contribution in [0.1, 0.15) is 30.4 Å². The third kappa shape index (κ3) is 2.69. The Bertz CT molecular complexity index is 1320. The standard InChI is InChI=1S/C28H23N/c1-3-10-21-20(8-1)15-16-25-23-12-6-14-28(26(23)18-17-24(21)25)29-27-13-5-9-19-7-2-4-11-22(19)27/h2-7,9-14,17-18,29H,1,8,15-16H2. The SMILES string of the molecule is C1=CC2=C(CC1)CCc1c2ccc2c(Nc3cccc4ccccc34)cccc12. The highest BCUT2D eigenvalue weighted by Gasteiger charge is 2.21. The lowest BCUT2D eigenvalue weighted by molar-refractivity contribution is 0.831. The van der Waals surface area contributed by atoms with Crippen LogP contribution < -0.4 is 5.32 Å². The van der Waals surface area contributed by atoms with Gasteiger partial charge in [0.1, 0.15) is 0 Å². The molecule has 6 rings (SSSR count). The third-order valence-corrected chi connectivity index (χ3v) is 6.48. The first-order valence-electron chi connectivity index (χ1n) is 10.6. The Hall–Kier alpha value is -3.32. The van der Waals surface area contributed by atoms with Gasteiger partial charge >= 0.3 is 0 Å². The van der Waals surface area contributed by atoms with E-state index in [9.17, 15) is 0 Å². The molecule has 1 nitrogen and oxygen atoms in total. The number of hydrogen-bond acceptors (Lipinski definition) is 1. The smallest absolute Gasteiger partial charge is 0.0464 e. The van der Waals surface area contributed by atoms with Crippen molar-refractivity contribution < 1.29 is 0 Å². The second-order valence-corrected chi connectivity index (χ2v) is 8.10. The van der Waals surface area contributed by atoms with Gasteiger partial charge in [-0.15, -0.1) is 0 Å². The first-order chi connectivity index (χ1) is 14.4. The van der Waals surface area contributed by atoms with Crippen molar-refractivity contribution in [1.82, 2.24) is 0 Å². The summed E-state index contributed by atoms with van der Waals surface area (Å²) in [6.07, 6.45) is 9.45. The van der Waals surface area contributed by atoms with Crippen molar-refractivity contribution in [3.8, 4) is 0 Å². The molecular weight excluding hydrogens is 350 g/mol. The van der Waals surface area contributed by atoms with Crippen molar-refractivity contribution >= 4 is 38.5 Å². The lowest BCUT2D eigenvalue weighted by atomic mass is 9.79. The zero-order valence-corrected chi connectivity index (χ0v) is 16.4. The zero-order chi connectivity index (χ0) is 19.2. The van der Waals surface area contributed by atoms with Gasteiger partial charge in [-0.3, -0.25) is 0 Å². The van der Waals surface area contributed by atoms with Crippen molar-refractivity contribution in [2.24, 2.45) is 0 Å². The molecule has 0 radical (unpaired) electrons. The summed E-state index contributed by atoms with van der Waals surface area (Å²) in [6, 6.07) is 26.4. The molecule has 2 aliphatic rings. The van der Waals surface area contributed by atoms with E-state index in [0.29, 0.717) is 0 Å². The highest BCUT2D eigenvalue weighted by molar-refractivity contribution is 6.03. The van der Waals surface area contributed by atoms with Crippen LogP contribution in [0.4, 0.5) is 11.4 Å². The molecule has 0 fully saturated rings. The highest BCUT2D eigenvalue weighted by Crippen LogP contribution is 2.41. The summed E-state index contributed by atoms with van der Waals surface area (Å²) in [4.78, 5) is 0. The van der Waals surface area contributed by atoms with Gasteiger partial charge in [0, 0.05) is 22.1 Å². The monoisotopic (exact) mass is 373 g/mol. The first kappa shape index (κ1) is 16.6. The third-order valence-electron chi connectivity index (χ3n) is 6.48. The van der Waals surface area contributed by atoms with Crippen LogP contribution in [0.15, 0.2) is 90.5 Å². The van der Waals surface area contributed by atoms with E-state index in [1.807, 2.05) is 0 Å². The van der Waals surface area contributed by atoms with Gasteiger partial charge in [-0.05, 0) is 65.3 Å². The number of fused-ring (bicyclic) bond motifs is 5. The number of hydrogen-bond donors (Lipinski definition) is 1. The molecule has 4 aromatic rings. The van der Waals surface area contributed by atoms with Gasteiger partial charge < -0.3 is 5.32 Å². The van der Waals surface area contributed by atoms with Crippen molar-refractivity contribution in [3.63, 3.8) is 0 Å². The van der Waals surface area contributed by atoms with Crippen molar-refractivity contribution in [2.75, 3.05) is 5.32 Å². The maximum absolute atomic E-state index is 3.73. The van der Waals surface area contributed by atoms with E-state index < -0.39 is 0 Å². The fraction of sp³-hybridized carbons (Fsp3) is 0.143. The number of anilines is 2. The summed E-state index contributed by atoms with van der Waals surface area (Å²) in [6.45, 7) is 0. The van der Waals surface area contributed by atoms with E-state index in [1.165, 1.54) is 63.2 Å². The molecule has 0 atom stereocenters. The second kappa shape index (κ2) is 6.63. The number of allylic oxidation sites excluding steroid dienone is 4. The summed E-state index contributed by atoms with van der Waals surface area (Å²) < 4.78 is 0. The van der Waals surface area contributed by atoms with Crippen LogP contribution in [0.3, 0.4) is 0 Å². The molecule has 1 N–H and O–H groups in total. The van der Waals surface area contributed by atoms with Gasteiger partial charge in [0.05, 0.1) is 0 Å². The lowest BCUT2D eigenvalue weighted by Gasteiger charge is -2.26. The highest BCUT2D eigenvalue weighted by atomic mass is 14.9. The largest absolute Gasteiger partial charge is 0.355 e. The van der Waals surface area contributed by atoms with E-state index in [-0.39, 0.29) is 0 Å². The summed E-state index contributed by atoms with van der Waals surface area (Å²) in [5.41, 5.74) is 8.41. The summed E-state index contributed by atoms with van der Waals surface area (Å²) in [5.74, 6) is 0. The van der Waals surface area contributed by atoms with Gasteiger partial charge in [-0.25, -0.2) is 0 Å². The van der Waals surface area contributed by atoms with Crippen LogP contribution in [-0.2, 0) is 6.42 Å². The van der Waals surface area contributed by atoms with E-state index in [1.54, 1.807) is 5.57 Å². The van der Waals surface area contributed by atoms with E-state index >= 15 is 0 Å². The van der Waals surface area contributed by atoms with Crippen LogP contribution in [0.5, 0.6) is 0 Å². The van der Waals surface area contributed by atoms with Crippen LogP contribution >= 0.6 is 0 Å². The molecule has 0 aromatic heterocycles. The maximum Gasteiger partial charge on any atom is 0.0464 e. The fourth-order valence-corrected chi connectivity index (χ4v) is 5.06. The zero-order valence-electron chi connectivity index (χ0n) is 16.4. The molecule has 0 spiro atoms. The molecule has 0 saturated heterocycles. The van der Waals surface area contributed by atoms with E-state index in [4.69, 9.17) is 0 Å². The molecule has 29 heavy (non-hydrogen) atoms. The Kier molecular flexibility index (Phi) is 3.80. The number of benzene rings is 4. The molecule has 140 valence electrons. The molecule has 1 heteroatoms. The molecule has 0 amide bonds. The molecule has 2 aliphatic carbocycles. The van der Waals surface area contributed by atoms with Crippen LogP contribution in [0.25, 0.3) is 27.1 Å². The maximum atomic E-state index is 3.73. The van der Waals surface area contributed by atoms with Crippen molar-refractivity contribution in [2.45, 2.75) is 25.7 Å². The molecule has 4 aromatic carbocycles. The molecule has 0 unspecified atom stereocenters. The van der Waals surface area contributed by atoms with Gasteiger partial charge in [0.25, 0.3) is 0 Å². The first-order valence-corrected chi connectivity index (χ1v) is 10.6. The Balaban J connectivity index is 1.49. The fourth-order valence-electron chi connectivity index (χ4n) is 5.06. The molecule has 0 saturated carbocycles.